The van der Waals surface area contributed by atoms with Gasteiger partial charge in [-0.05, 0) is 18.4 Å². The zero-order chi connectivity index (χ0) is 8.97. The summed E-state index contributed by atoms with van der Waals surface area (Å²) in [7, 11) is 0. The molecule has 0 saturated heterocycles. The Kier molecular flexibility index (Phi) is 3.36. The van der Waals surface area contributed by atoms with Crippen molar-refractivity contribution in [3.05, 3.63) is 5.82 Å². The number of H-pyrrole nitrogens is 1. The van der Waals surface area contributed by atoms with E-state index >= 15 is 0 Å². The van der Waals surface area contributed by atoms with Crippen molar-refractivity contribution in [2.45, 2.75) is 12.5 Å². The van der Waals surface area contributed by atoms with Crippen LogP contribution in [0.3, 0.4) is 0 Å². The first-order valence-electron chi connectivity index (χ1n) is 3.66. The largest absolute Gasteiger partial charge is 0.367 e. The molecule has 0 aliphatic heterocycles. The fourth-order valence-corrected chi connectivity index (χ4v) is 1.32. The van der Waals surface area contributed by atoms with E-state index in [2.05, 4.69) is 15.2 Å². The van der Waals surface area contributed by atoms with Crippen LogP contribution in [0.25, 0.3) is 0 Å². The fourth-order valence-electron chi connectivity index (χ4n) is 0.835. The van der Waals surface area contributed by atoms with E-state index in [1.54, 1.807) is 11.8 Å². The van der Waals surface area contributed by atoms with E-state index in [9.17, 15) is 0 Å². The molecule has 5 nitrogen and oxygen atoms in total. The number of aromatic amines is 1. The van der Waals surface area contributed by atoms with Crippen LogP contribution in [0.4, 0.5) is 5.95 Å². The summed E-state index contributed by atoms with van der Waals surface area (Å²) in [4.78, 5) is 3.94. The molecule has 1 rings (SSSR count). The minimum absolute atomic E-state index is 0.0813. The van der Waals surface area contributed by atoms with Crippen LogP contribution >= 0.6 is 11.8 Å². The van der Waals surface area contributed by atoms with Gasteiger partial charge in [0.1, 0.15) is 5.82 Å². The fraction of sp³-hybridized carbons (Fsp3) is 0.667. The summed E-state index contributed by atoms with van der Waals surface area (Å²) >= 11 is 1.76. The lowest BCUT2D eigenvalue weighted by molar-refractivity contribution is 0.658. The van der Waals surface area contributed by atoms with Crippen molar-refractivity contribution in [3.8, 4) is 0 Å². The van der Waals surface area contributed by atoms with Crippen LogP contribution in [0.1, 0.15) is 18.3 Å². The number of nitrogens with two attached hydrogens (primary N) is 2. The van der Waals surface area contributed by atoms with Crippen LogP contribution in [0.2, 0.25) is 0 Å². The molecule has 0 aliphatic carbocycles. The first-order chi connectivity index (χ1) is 5.74. The summed E-state index contributed by atoms with van der Waals surface area (Å²) in [5.74, 6) is 1.94. The zero-order valence-corrected chi connectivity index (χ0v) is 7.77. The van der Waals surface area contributed by atoms with E-state index in [-0.39, 0.29) is 12.0 Å². The number of nitrogens with zero attached hydrogens (tertiary/aromatic N) is 2. The van der Waals surface area contributed by atoms with Gasteiger partial charge < -0.3 is 11.5 Å². The third kappa shape index (κ3) is 2.38. The molecule has 0 aliphatic rings. The Bertz CT molecular complexity index is 236. The summed E-state index contributed by atoms with van der Waals surface area (Å²) in [6, 6.07) is -0.0813. The molecule has 12 heavy (non-hydrogen) atoms. The molecular weight excluding hydrogens is 174 g/mol. The van der Waals surface area contributed by atoms with E-state index < -0.39 is 0 Å². The predicted octanol–water partition coefficient (Wildman–Crippen LogP) is 0.140. The van der Waals surface area contributed by atoms with Gasteiger partial charge in [0.25, 0.3) is 0 Å². The van der Waals surface area contributed by atoms with Crippen LogP contribution in [-0.4, -0.2) is 27.2 Å². The maximum absolute atomic E-state index is 5.79. The van der Waals surface area contributed by atoms with E-state index in [0.717, 1.165) is 12.2 Å². The summed E-state index contributed by atoms with van der Waals surface area (Å²) in [5, 5.41) is 6.39. The SMILES string of the molecule is CSCCC(N)c1nc(N)n[nH]1. The van der Waals surface area contributed by atoms with Crippen LogP contribution < -0.4 is 11.5 Å². The topological polar surface area (TPSA) is 93.6 Å². The molecule has 68 valence electrons. The van der Waals surface area contributed by atoms with Gasteiger partial charge in [-0.3, -0.25) is 5.10 Å². The Balaban J connectivity index is 2.47. The molecule has 1 aromatic heterocycles. The van der Waals surface area contributed by atoms with Crippen molar-refractivity contribution in [3.63, 3.8) is 0 Å². The summed E-state index contributed by atoms with van der Waals surface area (Å²) < 4.78 is 0. The number of hydrogen-bond donors (Lipinski definition) is 3. The Morgan fingerprint density at radius 3 is 2.92 bits per heavy atom. The van der Waals surface area contributed by atoms with Gasteiger partial charge in [0.2, 0.25) is 5.95 Å². The Morgan fingerprint density at radius 2 is 2.42 bits per heavy atom. The van der Waals surface area contributed by atoms with Gasteiger partial charge in [-0.15, -0.1) is 5.10 Å². The molecule has 0 amide bonds. The highest BCUT2D eigenvalue weighted by molar-refractivity contribution is 7.98. The third-order valence-electron chi connectivity index (χ3n) is 1.50. The van der Waals surface area contributed by atoms with E-state index in [4.69, 9.17) is 11.5 Å². The molecule has 0 spiro atoms. The van der Waals surface area contributed by atoms with E-state index in [1.165, 1.54) is 0 Å². The van der Waals surface area contributed by atoms with Crippen molar-refractivity contribution < 1.29 is 0 Å². The molecule has 5 N–H and O–H groups in total. The Morgan fingerprint density at radius 1 is 1.67 bits per heavy atom. The summed E-state index contributed by atoms with van der Waals surface area (Å²) in [5.41, 5.74) is 11.1. The second-order valence-electron chi connectivity index (χ2n) is 2.47. The third-order valence-corrected chi connectivity index (χ3v) is 2.15. The molecule has 0 aromatic carbocycles. The smallest absolute Gasteiger partial charge is 0.239 e. The highest BCUT2D eigenvalue weighted by atomic mass is 32.2. The van der Waals surface area contributed by atoms with Crippen molar-refractivity contribution in [1.29, 1.82) is 0 Å². The van der Waals surface area contributed by atoms with Crippen LogP contribution in [0.5, 0.6) is 0 Å². The monoisotopic (exact) mass is 187 g/mol. The maximum Gasteiger partial charge on any atom is 0.239 e. The summed E-state index contributed by atoms with van der Waals surface area (Å²) in [6.45, 7) is 0. The maximum atomic E-state index is 5.79. The molecule has 1 heterocycles. The number of anilines is 1. The number of nitrogen functional groups attached to an aromatic ring is 1. The van der Waals surface area contributed by atoms with Crippen molar-refractivity contribution in [1.82, 2.24) is 15.2 Å². The molecule has 1 unspecified atom stereocenters. The highest BCUT2D eigenvalue weighted by Crippen LogP contribution is 2.11. The van der Waals surface area contributed by atoms with Gasteiger partial charge in [-0.2, -0.15) is 16.7 Å². The van der Waals surface area contributed by atoms with Crippen molar-refractivity contribution in [2.75, 3.05) is 17.7 Å². The standard InChI is InChI=1S/C6H13N5S/c1-12-3-2-4(7)5-9-6(8)11-10-5/h4H,2-3,7H2,1H3,(H3,8,9,10,11). The lowest BCUT2D eigenvalue weighted by Crippen LogP contribution is -2.13. The molecule has 0 fully saturated rings. The van der Waals surface area contributed by atoms with Crippen LogP contribution in [0, 0.1) is 0 Å². The number of thioether (sulfide) groups is 1. The minimum atomic E-state index is -0.0813. The first kappa shape index (κ1) is 9.34. The predicted molar refractivity (Wildman–Crippen MR) is 50.7 cm³/mol. The number of aromatic nitrogens is 3. The van der Waals surface area contributed by atoms with Gasteiger partial charge in [0.05, 0.1) is 6.04 Å². The zero-order valence-electron chi connectivity index (χ0n) is 6.95. The van der Waals surface area contributed by atoms with Gasteiger partial charge in [0, 0.05) is 0 Å². The van der Waals surface area contributed by atoms with Crippen LogP contribution in [0.15, 0.2) is 0 Å². The van der Waals surface area contributed by atoms with E-state index in [1.807, 2.05) is 6.26 Å². The molecule has 1 aromatic rings. The number of hydrogen-bond acceptors (Lipinski definition) is 5. The average molecular weight is 187 g/mol. The Hall–Kier alpha value is -0.750. The summed E-state index contributed by atoms with van der Waals surface area (Å²) in [6.07, 6.45) is 2.93. The van der Waals surface area contributed by atoms with Crippen molar-refractivity contribution in [2.24, 2.45) is 5.73 Å². The second kappa shape index (κ2) is 4.32. The molecule has 0 saturated carbocycles. The lowest BCUT2D eigenvalue weighted by Gasteiger charge is -2.05. The average Bonchev–Trinajstić information content (AvgIpc) is 2.47. The minimum Gasteiger partial charge on any atom is -0.367 e. The van der Waals surface area contributed by atoms with Crippen LogP contribution in [-0.2, 0) is 0 Å². The number of rotatable bonds is 4. The van der Waals surface area contributed by atoms with Gasteiger partial charge >= 0.3 is 0 Å². The van der Waals surface area contributed by atoms with Gasteiger partial charge in [-0.1, -0.05) is 0 Å². The van der Waals surface area contributed by atoms with Gasteiger partial charge in [-0.25, -0.2) is 0 Å². The number of nitrogens with one attached hydrogen (secondary N) is 1. The molecule has 1 atom stereocenters. The second-order valence-corrected chi connectivity index (χ2v) is 3.45. The molecule has 0 radical (unpaired) electrons. The van der Waals surface area contributed by atoms with Gasteiger partial charge in [0.15, 0.2) is 0 Å². The van der Waals surface area contributed by atoms with Crippen molar-refractivity contribution >= 4 is 17.7 Å². The van der Waals surface area contributed by atoms with E-state index in [0.29, 0.717) is 5.82 Å². The molecule has 0 bridgehead atoms. The highest BCUT2D eigenvalue weighted by Gasteiger charge is 2.09. The quantitative estimate of drug-likeness (QED) is 0.623. The first-order valence-corrected chi connectivity index (χ1v) is 5.05. The Labute approximate surface area is 75.3 Å². The normalized spacial score (nSPS) is 13.2. The molecular formula is C6H13N5S. The molecule has 6 heteroatoms. The lowest BCUT2D eigenvalue weighted by atomic mass is 10.2.